The highest BCUT2D eigenvalue weighted by Crippen LogP contribution is 2.41. The Balaban J connectivity index is 1.96. The normalized spacial score (nSPS) is 15.8. The van der Waals surface area contributed by atoms with E-state index in [1.807, 2.05) is 19.1 Å². The Kier molecular flexibility index (Phi) is 8.33. The number of carbonyl (C=O) groups excluding carboxylic acids is 2. The lowest BCUT2D eigenvalue weighted by atomic mass is 10.1. The monoisotopic (exact) mass is 535 g/mol. The van der Waals surface area contributed by atoms with Crippen LogP contribution in [0.4, 0.5) is 0 Å². The van der Waals surface area contributed by atoms with Gasteiger partial charge in [0.05, 0.1) is 30.2 Å². The van der Waals surface area contributed by atoms with Crippen molar-refractivity contribution in [2.75, 3.05) is 20.8 Å². The molecule has 1 atom stereocenters. The molecule has 1 heterocycles. The molecule has 2 aromatic carbocycles. The van der Waals surface area contributed by atoms with Crippen molar-refractivity contribution in [2.24, 2.45) is 0 Å². The summed E-state index contributed by atoms with van der Waals surface area (Å²) >= 11 is 10.1. The molecule has 32 heavy (non-hydrogen) atoms. The summed E-state index contributed by atoms with van der Waals surface area (Å²) in [5.41, 5.74) is 1.35. The van der Waals surface area contributed by atoms with Gasteiger partial charge in [0.2, 0.25) is 0 Å². The number of thiocarbonyl (C=S) groups is 1. The van der Waals surface area contributed by atoms with Crippen LogP contribution in [0.15, 0.2) is 51.8 Å². The van der Waals surface area contributed by atoms with E-state index in [0.29, 0.717) is 33.0 Å². The fraction of sp³-hybridized carbons (Fsp3) is 0.261. The summed E-state index contributed by atoms with van der Waals surface area (Å²) in [4.78, 5) is 27.5. The zero-order valence-electron chi connectivity index (χ0n) is 17.8. The number of hydrogen-bond donors (Lipinski definition) is 0. The van der Waals surface area contributed by atoms with Gasteiger partial charge in [-0.25, -0.2) is 4.79 Å². The van der Waals surface area contributed by atoms with Crippen molar-refractivity contribution < 1.29 is 23.8 Å². The van der Waals surface area contributed by atoms with E-state index in [2.05, 4.69) is 15.9 Å². The van der Waals surface area contributed by atoms with Gasteiger partial charge < -0.3 is 14.2 Å². The summed E-state index contributed by atoms with van der Waals surface area (Å²) in [6.45, 7) is 2.58. The van der Waals surface area contributed by atoms with Crippen LogP contribution in [0.3, 0.4) is 0 Å². The summed E-state index contributed by atoms with van der Waals surface area (Å²) in [6, 6.07) is 11.6. The smallest absolute Gasteiger partial charge is 0.333 e. The predicted octanol–water partition coefficient (Wildman–Crippen LogP) is 5.36. The van der Waals surface area contributed by atoms with Gasteiger partial charge in [0.15, 0.2) is 17.5 Å². The van der Waals surface area contributed by atoms with E-state index in [1.54, 1.807) is 43.5 Å². The lowest BCUT2D eigenvalue weighted by molar-refractivity contribution is -0.148. The molecule has 2 aromatic rings. The minimum atomic E-state index is -0.953. The van der Waals surface area contributed by atoms with Crippen LogP contribution in [0, 0.1) is 0 Å². The molecule has 0 aromatic heterocycles. The molecule has 0 N–H and O–H groups in total. The third-order valence-corrected chi connectivity index (χ3v) is 6.54. The average Bonchev–Trinajstić information content (AvgIpc) is 3.06. The second-order valence-corrected chi connectivity index (χ2v) is 9.30. The van der Waals surface area contributed by atoms with Crippen LogP contribution in [-0.2, 0) is 14.3 Å². The fourth-order valence-electron chi connectivity index (χ4n) is 3.16. The first kappa shape index (κ1) is 24.3. The minimum absolute atomic E-state index is 0.287. The van der Waals surface area contributed by atoms with Crippen molar-refractivity contribution in [2.45, 2.75) is 19.4 Å². The lowest BCUT2D eigenvalue weighted by Crippen LogP contribution is -2.37. The van der Waals surface area contributed by atoms with Gasteiger partial charge in [0.25, 0.3) is 5.91 Å². The lowest BCUT2D eigenvalue weighted by Gasteiger charge is -2.24. The maximum absolute atomic E-state index is 13.3. The first-order valence-electron chi connectivity index (χ1n) is 9.81. The van der Waals surface area contributed by atoms with Crippen molar-refractivity contribution in [3.8, 4) is 11.5 Å². The van der Waals surface area contributed by atoms with Crippen molar-refractivity contribution in [3.05, 3.63) is 63.0 Å². The summed E-state index contributed by atoms with van der Waals surface area (Å²) in [6.07, 6.45) is 2.58. The van der Waals surface area contributed by atoms with Crippen LogP contribution in [0.25, 0.3) is 6.08 Å². The third kappa shape index (κ3) is 5.16. The van der Waals surface area contributed by atoms with Crippen molar-refractivity contribution in [3.63, 3.8) is 0 Å². The van der Waals surface area contributed by atoms with Gasteiger partial charge in [-0.05, 0) is 51.7 Å². The SMILES string of the molecule is CCCOc1c(Br)cc(/C=C2\SC(=S)N(C(C(=O)OC)c3ccccc3)C2=O)cc1OC. The van der Waals surface area contributed by atoms with Crippen LogP contribution in [-0.4, -0.2) is 41.9 Å². The molecule has 0 spiro atoms. The van der Waals surface area contributed by atoms with Gasteiger partial charge in [-0.2, -0.15) is 0 Å². The molecule has 1 amide bonds. The number of ether oxygens (including phenoxy) is 3. The molecule has 0 radical (unpaired) electrons. The van der Waals surface area contributed by atoms with Crippen LogP contribution in [0.5, 0.6) is 11.5 Å². The van der Waals surface area contributed by atoms with E-state index in [4.69, 9.17) is 26.4 Å². The van der Waals surface area contributed by atoms with Gasteiger partial charge in [-0.3, -0.25) is 9.69 Å². The molecule has 1 unspecified atom stereocenters. The molecule has 1 aliphatic rings. The number of hydrogen-bond acceptors (Lipinski definition) is 7. The molecule has 1 saturated heterocycles. The Morgan fingerprint density at radius 3 is 2.59 bits per heavy atom. The average molecular weight is 536 g/mol. The van der Waals surface area contributed by atoms with Crippen molar-refractivity contribution >= 4 is 62.2 Å². The number of benzene rings is 2. The molecular weight excluding hydrogens is 514 g/mol. The number of methoxy groups -OCH3 is 2. The molecule has 1 aliphatic heterocycles. The topological polar surface area (TPSA) is 65.1 Å². The summed E-state index contributed by atoms with van der Waals surface area (Å²) in [7, 11) is 2.85. The molecule has 6 nitrogen and oxygen atoms in total. The number of rotatable bonds is 8. The Hall–Kier alpha value is -2.36. The van der Waals surface area contributed by atoms with Gasteiger partial charge in [-0.15, -0.1) is 0 Å². The van der Waals surface area contributed by atoms with Crippen LogP contribution in [0.2, 0.25) is 0 Å². The minimum Gasteiger partial charge on any atom is -0.493 e. The molecule has 3 rings (SSSR count). The third-order valence-electron chi connectivity index (χ3n) is 4.62. The number of nitrogens with zero attached hydrogens (tertiary/aromatic N) is 1. The van der Waals surface area contributed by atoms with E-state index in [1.165, 1.54) is 12.0 Å². The fourth-order valence-corrected chi connectivity index (χ4v) is 5.05. The summed E-state index contributed by atoms with van der Waals surface area (Å²) in [5.74, 6) is 0.233. The Labute approximate surface area is 205 Å². The highest BCUT2D eigenvalue weighted by molar-refractivity contribution is 9.10. The van der Waals surface area contributed by atoms with E-state index in [9.17, 15) is 9.59 Å². The molecule has 0 bridgehead atoms. The number of halogens is 1. The largest absolute Gasteiger partial charge is 0.493 e. The quantitative estimate of drug-likeness (QED) is 0.256. The highest BCUT2D eigenvalue weighted by Gasteiger charge is 2.41. The summed E-state index contributed by atoms with van der Waals surface area (Å²) in [5, 5.41) is 0. The van der Waals surface area contributed by atoms with Crippen molar-refractivity contribution in [1.29, 1.82) is 0 Å². The zero-order valence-corrected chi connectivity index (χ0v) is 21.0. The maximum atomic E-state index is 13.3. The molecule has 9 heteroatoms. The maximum Gasteiger partial charge on any atom is 0.333 e. The van der Waals surface area contributed by atoms with Gasteiger partial charge in [-0.1, -0.05) is 61.2 Å². The van der Waals surface area contributed by atoms with E-state index >= 15 is 0 Å². The van der Waals surface area contributed by atoms with E-state index in [-0.39, 0.29) is 10.2 Å². The van der Waals surface area contributed by atoms with Crippen LogP contribution >= 0.6 is 39.9 Å². The number of esters is 1. The zero-order chi connectivity index (χ0) is 23.3. The Morgan fingerprint density at radius 2 is 1.97 bits per heavy atom. The van der Waals surface area contributed by atoms with Crippen LogP contribution < -0.4 is 9.47 Å². The first-order valence-corrected chi connectivity index (χ1v) is 11.8. The second-order valence-electron chi connectivity index (χ2n) is 6.77. The van der Waals surface area contributed by atoms with Gasteiger partial charge >= 0.3 is 5.97 Å². The number of carbonyl (C=O) groups is 2. The Morgan fingerprint density at radius 1 is 1.25 bits per heavy atom. The van der Waals surface area contributed by atoms with Crippen LogP contribution in [0.1, 0.15) is 30.5 Å². The first-order chi connectivity index (χ1) is 15.4. The number of thioether (sulfide) groups is 1. The van der Waals surface area contributed by atoms with Gasteiger partial charge in [0.1, 0.15) is 4.32 Å². The molecule has 1 fully saturated rings. The molecule has 0 saturated carbocycles. The standard InChI is InChI=1S/C23H22BrNO5S2/c1-4-10-30-20-16(24)11-14(12-17(20)28-2)13-18-21(26)25(23(31)32-18)19(22(27)29-3)15-8-6-5-7-9-15/h5-9,11-13,19H,4,10H2,1-3H3/b18-13-. The van der Waals surface area contributed by atoms with Crippen molar-refractivity contribution in [1.82, 2.24) is 4.90 Å². The Bertz CT molecular complexity index is 1060. The molecular formula is C23H22BrNO5S2. The number of amides is 1. The predicted molar refractivity (Wildman–Crippen MR) is 133 cm³/mol. The molecule has 168 valence electrons. The second kappa shape index (κ2) is 11.0. The van der Waals surface area contributed by atoms with E-state index in [0.717, 1.165) is 23.7 Å². The van der Waals surface area contributed by atoms with E-state index < -0.39 is 12.0 Å². The van der Waals surface area contributed by atoms with Gasteiger partial charge in [0, 0.05) is 0 Å². The summed E-state index contributed by atoms with van der Waals surface area (Å²) < 4.78 is 17.2. The highest BCUT2D eigenvalue weighted by atomic mass is 79.9. The molecule has 0 aliphatic carbocycles.